The molecule has 0 N–H and O–H groups in total. The van der Waals surface area contributed by atoms with Gasteiger partial charge in [0, 0.05) is 19.6 Å². The number of rotatable bonds is 12. The first kappa shape index (κ1) is 24.1. The van der Waals surface area contributed by atoms with Crippen LogP contribution >= 0.6 is 0 Å². The van der Waals surface area contributed by atoms with E-state index in [-0.39, 0.29) is 5.25 Å². The molecule has 2 unspecified atom stereocenters. The lowest BCUT2D eigenvalue weighted by molar-refractivity contribution is 0.162. The summed E-state index contributed by atoms with van der Waals surface area (Å²) in [5, 5.41) is 0.191. The van der Waals surface area contributed by atoms with Gasteiger partial charge in [-0.05, 0) is 51.3 Å². The Morgan fingerprint density at radius 1 is 1.00 bits per heavy atom. The predicted molar refractivity (Wildman–Crippen MR) is 114 cm³/mol. The SMILES string of the molecule is CCCCCCCC[S+]([O-])C(C)Cc1ccc2c(c1)OCO2.CCOCC. The van der Waals surface area contributed by atoms with E-state index in [1.54, 1.807) is 0 Å². The number of fused-ring (bicyclic) bond motifs is 1. The van der Waals surface area contributed by atoms with Crippen LogP contribution in [0.3, 0.4) is 0 Å². The van der Waals surface area contributed by atoms with E-state index < -0.39 is 11.2 Å². The number of hydrogen-bond donors (Lipinski definition) is 0. The van der Waals surface area contributed by atoms with Crippen LogP contribution in [0.25, 0.3) is 0 Å². The summed E-state index contributed by atoms with van der Waals surface area (Å²) in [7, 11) is 0. The highest BCUT2D eigenvalue weighted by molar-refractivity contribution is 7.91. The van der Waals surface area contributed by atoms with Crippen molar-refractivity contribution in [1.29, 1.82) is 0 Å². The maximum Gasteiger partial charge on any atom is 0.231 e. The molecule has 0 radical (unpaired) electrons. The van der Waals surface area contributed by atoms with Crippen LogP contribution in [0.15, 0.2) is 18.2 Å². The Morgan fingerprint density at radius 3 is 2.33 bits per heavy atom. The third-order valence-electron chi connectivity index (χ3n) is 4.52. The molecule has 0 saturated heterocycles. The molecule has 27 heavy (non-hydrogen) atoms. The maximum atomic E-state index is 12.3. The molecule has 1 aromatic carbocycles. The molecule has 2 rings (SSSR count). The van der Waals surface area contributed by atoms with Gasteiger partial charge in [0.1, 0.15) is 11.0 Å². The lowest BCUT2D eigenvalue weighted by Crippen LogP contribution is -2.23. The van der Waals surface area contributed by atoms with Gasteiger partial charge < -0.3 is 18.8 Å². The Hall–Kier alpha value is -0.910. The summed E-state index contributed by atoms with van der Waals surface area (Å²) in [5.41, 5.74) is 1.17. The first-order valence-corrected chi connectivity index (χ1v) is 11.8. The normalized spacial score (nSPS) is 14.4. The van der Waals surface area contributed by atoms with Crippen molar-refractivity contribution < 1.29 is 18.8 Å². The van der Waals surface area contributed by atoms with Crippen molar-refractivity contribution in [3.63, 3.8) is 0 Å². The fourth-order valence-corrected chi connectivity index (χ4v) is 4.19. The topological polar surface area (TPSA) is 50.8 Å². The second-order valence-electron chi connectivity index (χ2n) is 6.84. The average Bonchev–Trinajstić information content (AvgIpc) is 3.13. The maximum absolute atomic E-state index is 12.3. The Labute approximate surface area is 169 Å². The van der Waals surface area contributed by atoms with Gasteiger partial charge in [-0.25, -0.2) is 0 Å². The van der Waals surface area contributed by atoms with Gasteiger partial charge in [0.2, 0.25) is 6.79 Å². The van der Waals surface area contributed by atoms with Crippen LogP contribution in [0.4, 0.5) is 0 Å². The molecule has 1 heterocycles. The molecule has 1 aliphatic heterocycles. The van der Waals surface area contributed by atoms with Crippen LogP contribution in [0, 0.1) is 0 Å². The molecule has 2 atom stereocenters. The molecule has 0 aliphatic carbocycles. The van der Waals surface area contributed by atoms with Gasteiger partial charge in [0.05, 0.1) is 0 Å². The van der Waals surface area contributed by atoms with E-state index in [2.05, 4.69) is 13.8 Å². The highest BCUT2D eigenvalue weighted by atomic mass is 32.2. The molecule has 0 spiro atoms. The first-order valence-electron chi connectivity index (χ1n) is 10.5. The minimum atomic E-state index is -0.743. The van der Waals surface area contributed by atoms with E-state index in [1.807, 2.05) is 32.0 Å². The highest BCUT2D eigenvalue weighted by Crippen LogP contribution is 2.33. The van der Waals surface area contributed by atoms with Gasteiger partial charge >= 0.3 is 0 Å². The zero-order valence-corrected chi connectivity index (χ0v) is 18.4. The molecular formula is C22H38O4S. The zero-order valence-electron chi connectivity index (χ0n) is 17.6. The standard InChI is InChI=1S/C18H28O3S.C4H10O/c1-3-4-5-6-7-8-11-22(19)15(2)12-16-9-10-17-18(13-16)21-14-20-17;1-3-5-4-2/h9-10,13,15H,3-8,11-12,14H2,1-2H3;3-4H2,1-2H3. The summed E-state index contributed by atoms with van der Waals surface area (Å²) in [5.74, 6) is 2.45. The smallest absolute Gasteiger partial charge is 0.231 e. The number of unbranched alkanes of at least 4 members (excludes halogenated alkanes) is 5. The van der Waals surface area contributed by atoms with Crippen LogP contribution in [0.2, 0.25) is 0 Å². The Bertz CT molecular complexity index is 493. The van der Waals surface area contributed by atoms with Gasteiger partial charge in [0.25, 0.3) is 0 Å². The molecule has 4 nitrogen and oxygen atoms in total. The van der Waals surface area contributed by atoms with Crippen molar-refractivity contribution in [1.82, 2.24) is 0 Å². The fraction of sp³-hybridized carbons (Fsp3) is 0.727. The molecule has 0 amide bonds. The van der Waals surface area contributed by atoms with Crippen molar-refractivity contribution in [3.8, 4) is 11.5 Å². The zero-order chi connectivity index (χ0) is 19.9. The molecule has 1 aromatic rings. The van der Waals surface area contributed by atoms with Crippen LogP contribution < -0.4 is 9.47 Å². The molecule has 0 saturated carbocycles. The lowest BCUT2D eigenvalue weighted by Gasteiger charge is -2.18. The van der Waals surface area contributed by atoms with Gasteiger partial charge in [0.15, 0.2) is 11.5 Å². The van der Waals surface area contributed by atoms with Gasteiger partial charge in [-0.15, -0.1) is 0 Å². The second-order valence-corrected chi connectivity index (χ2v) is 8.81. The quantitative estimate of drug-likeness (QED) is 0.345. The predicted octanol–water partition coefficient (Wildman–Crippen LogP) is 5.50. The van der Waals surface area contributed by atoms with Crippen LogP contribution in [-0.2, 0) is 22.3 Å². The molecule has 5 heteroatoms. The van der Waals surface area contributed by atoms with Crippen molar-refractivity contribution in [2.75, 3.05) is 25.8 Å². The molecule has 0 aromatic heterocycles. The highest BCUT2D eigenvalue weighted by Gasteiger charge is 2.19. The van der Waals surface area contributed by atoms with Crippen molar-refractivity contribution in [2.45, 2.75) is 77.9 Å². The lowest BCUT2D eigenvalue weighted by atomic mass is 10.1. The minimum Gasteiger partial charge on any atom is -0.616 e. The summed E-state index contributed by atoms with van der Waals surface area (Å²) >= 11 is -0.743. The molecule has 156 valence electrons. The summed E-state index contributed by atoms with van der Waals surface area (Å²) < 4.78 is 27.9. The van der Waals surface area contributed by atoms with E-state index in [1.165, 1.54) is 37.7 Å². The number of ether oxygens (including phenoxy) is 3. The van der Waals surface area contributed by atoms with E-state index in [4.69, 9.17) is 14.2 Å². The third kappa shape index (κ3) is 10.3. The van der Waals surface area contributed by atoms with Gasteiger partial charge in [-0.1, -0.05) is 49.8 Å². The van der Waals surface area contributed by atoms with Gasteiger partial charge in [-0.2, -0.15) is 0 Å². The Morgan fingerprint density at radius 2 is 1.67 bits per heavy atom. The van der Waals surface area contributed by atoms with E-state index in [0.717, 1.165) is 43.3 Å². The minimum absolute atomic E-state index is 0.191. The fourth-order valence-electron chi connectivity index (χ4n) is 2.92. The second kappa shape index (κ2) is 15.1. The molecule has 1 aliphatic rings. The summed E-state index contributed by atoms with van der Waals surface area (Å²) in [6, 6.07) is 6.01. The van der Waals surface area contributed by atoms with Crippen molar-refractivity contribution >= 4 is 11.2 Å². The summed E-state index contributed by atoms with van der Waals surface area (Å²) in [6.45, 7) is 10.3. The average molecular weight is 399 g/mol. The van der Waals surface area contributed by atoms with E-state index >= 15 is 0 Å². The Balaban J connectivity index is 0.000000646. The number of benzene rings is 1. The first-order chi connectivity index (χ1) is 13.1. The monoisotopic (exact) mass is 398 g/mol. The molecular weight excluding hydrogens is 360 g/mol. The van der Waals surface area contributed by atoms with Gasteiger partial charge in [-0.3, -0.25) is 0 Å². The van der Waals surface area contributed by atoms with Crippen LogP contribution in [0.5, 0.6) is 11.5 Å². The van der Waals surface area contributed by atoms with Crippen molar-refractivity contribution in [3.05, 3.63) is 23.8 Å². The Kier molecular flexibility index (Phi) is 13.5. The molecule has 0 bridgehead atoms. The third-order valence-corrected chi connectivity index (χ3v) is 6.27. The number of hydrogen-bond acceptors (Lipinski definition) is 4. The van der Waals surface area contributed by atoms with Crippen molar-refractivity contribution in [2.24, 2.45) is 0 Å². The van der Waals surface area contributed by atoms with Crippen LogP contribution in [-0.4, -0.2) is 35.6 Å². The largest absolute Gasteiger partial charge is 0.616 e. The van der Waals surface area contributed by atoms with E-state index in [9.17, 15) is 4.55 Å². The summed E-state index contributed by atoms with van der Waals surface area (Å²) in [6.07, 6.45) is 8.32. The van der Waals surface area contributed by atoms with E-state index in [0.29, 0.717) is 6.79 Å². The van der Waals surface area contributed by atoms with Crippen LogP contribution in [0.1, 0.15) is 71.8 Å². The summed E-state index contributed by atoms with van der Waals surface area (Å²) in [4.78, 5) is 0. The molecule has 0 fully saturated rings.